The molecule has 1 saturated heterocycles. The monoisotopic (exact) mass is 479 g/mol. The molecular formula is C29H21NO4S. The lowest BCUT2D eigenvalue weighted by atomic mass is 10.0. The lowest BCUT2D eigenvalue weighted by Crippen LogP contribution is -2.27. The van der Waals surface area contributed by atoms with Crippen LogP contribution in [-0.2, 0) is 11.3 Å². The Kier molecular flexibility index (Phi) is 6.21. The first-order chi connectivity index (χ1) is 17.0. The minimum absolute atomic E-state index is 0.243. The minimum atomic E-state index is -0.438. The normalized spacial score (nSPS) is 14.7. The Bertz CT molecular complexity index is 1490. The summed E-state index contributed by atoms with van der Waals surface area (Å²) in [7, 11) is 0. The molecule has 172 valence electrons. The van der Waals surface area contributed by atoms with Crippen molar-refractivity contribution < 1.29 is 19.1 Å². The summed E-state index contributed by atoms with van der Waals surface area (Å²) in [5, 5.41) is 1.51. The van der Waals surface area contributed by atoms with Crippen LogP contribution in [0.25, 0.3) is 16.8 Å². The molecule has 0 N–H and O–H groups in total. The molecule has 0 aromatic heterocycles. The lowest BCUT2D eigenvalue weighted by molar-refractivity contribution is -0.123. The number of aryl methyl sites for hydroxylation is 1. The second kappa shape index (κ2) is 9.60. The molecule has 1 heterocycles. The number of amides is 2. The number of thioether (sulfide) groups is 1. The first-order valence-corrected chi connectivity index (χ1v) is 11.9. The number of carbonyl (C=O) groups is 3. The highest BCUT2D eigenvalue weighted by atomic mass is 32.2. The summed E-state index contributed by atoms with van der Waals surface area (Å²) in [6.45, 7) is 2.22. The van der Waals surface area contributed by atoms with Crippen molar-refractivity contribution in [1.82, 2.24) is 4.90 Å². The average Bonchev–Trinajstić information content (AvgIpc) is 3.12. The molecule has 0 aliphatic carbocycles. The van der Waals surface area contributed by atoms with Crippen LogP contribution in [0.2, 0.25) is 0 Å². The number of carbonyl (C=O) groups excluding carboxylic acids is 3. The van der Waals surface area contributed by atoms with E-state index in [0.29, 0.717) is 16.2 Å². The van der Waals surface area contributed by atoms with Gasteiger partial charge in [0.05, 0.1) is 17.0 Å². The van der Waals surface area contributed by atoms with Gasteiger partial charge in [-0.15, -0.1) is 0 Å². The second-order valence-corrected chi connectivity index (χ2v) is 9.24. The molecule has 0 radical (unpaired) electrons. The average molecular weight is 480 g/mol. The molecule has 35 heavy (non-hydrogen) atoms. The third-order valence-electron chi connectivity index (χ3n) is 5.69. The largest absolute Gasteiger partial charge is 0.423 e. The van der Waals surface area contributed by atoms with Crippen LogP contribution in [0.1, 0.15) is 27.0 Å². The van der Waals surface area contributed by atoms with Gasteiger partial charge in [-0.3, -0.25) is 14.5 Å². The van der Waals surface area contributed by atoms with Gasteiger partial charge in [-0.2, -0.15) is 0 Å². The van der Waals surface area contributed by atoms with Crippen molar-refractivity contribution in [3.8, 4) is 5.75 Å². The molecule has 5 nitrogen and oxygen atoms in total. The molecule has 0 spiro atoms. The number of imide groups is 1. The van der Waals surface area contributed by atoms with Gasteiger partial charge in [0.15, 0.2) is 0 Å². The summed E-state index contributed by atoms with van der Waals surface area (Å²) >= 11 is 0.926. The molecule has 4 aromatic rings. The van der Waals surface area contributed by atoms with Crippen LogP contribution in [0.15, 0.2) is 95.9 Å². The Morgan fingerprint density at radius 3 is 2.46 bits per heavy atom. The predicted molar refractivity (Wildman–Crippen MR) is 138 cm³/mol. The van der Waals surface area contributed by atoms with E-state index in [-0.39, 0.29) is 17.7 Å². The van der Waals surface area contributed by atoms with E-state index in [1.807, 2.05) is 67.6 Å². The molecule has 1 aliphatic rings. The van der Waals surface area contributed by atoms with Gasteiger partial charge in [-0.05, 0) is 64.9 Å². The van der Waals surface area contributed by atoms with E-state index < -0.39 is 5.97 Å². The van der Waals surface area contributed by atoms with Gasteiger partial charge in [-0.25, -0.2) is 4.79 Å². The van der Waals surface area contributed by atoms with Crippen molar-refractivity contribution in [1.29, 1.82) is 0 Å². The molecular weight excluding hydrogens is 458 g/mol. The van der Waals surface area contributed by atoms with Crippen molar-refractivity contribution >= 4 is 45.7 Å². The van der Waals surface area contributed by atoms with Crippen LogP contribution >= 0.6 is 11.8 Å². The van der Waals surface area contributed by atoms with Gasteiger partial charge in [0, 0.05) is 0 Å². The Hall–Kier alpha value is -4.16. The molecule has 5 rings (SSSR count). The first kappa shape index (κ1) is 22.6. The summed E-state index contributed by atoms with van der Waals surface area (Å²) < 4.78 is 5.57. The molecule has 6 heteroatoms. The Morgan fingerprint density at radius 1 is 0.914 bits per heavy atom. The van der Waals surface area contributed by atoms with Crippen molar-refractivity contribution in [2.45, 2.75) is 13.5 Å². The molecule has 0 bridgehead atoms. The zero-order valence-corrected chi connectivity index (χ0v) is 19.7. The quantitative estimate of drug-likeness (QED) is 0.183. The first-order valence-electron chi connectivity index (χ1n) is 11.1. The SMILES string of the molecule is Cc1cccc(CN2C(=O)S/C(=C\c3ccc(OC(=O)c4cccc5ccccc45)cc3)C2=O)c1. The van der Waals surface area contributed by atoms with Crippen molar-refractivity contribution in [2.24, 2.45) is 0 Å². The summed E-state index contributed by atoms with van der Waals surface area (Å²) in [6.07, 6.45) is 1.68. The van der Waals surface area contributed by atoms with Crippen LogP contribution in [-0.4, -0.2) is 22.0 Å². The van der Waals surface area contributed by atoms with Gasteiger partial charge in [-0.1, -0.05) is 78.4 Å². The summed E-state index contributed by atoms with van der Waals surface area (Å²) in [5.41, 5.74) is 3.21. The Morgan fingerprint density at radius 2 is 1.66 bits per heavy atom. The zero-order valence-electron chi connectivity index (χ0n) is 18.9. The highest BCUT2D eigenvalue weighted by molar-refractivity contribution is 8.18. The maximum absolute atomic E-state index is 12.8. The van der Waals surface area contributed by atoms with Gasteiger partial charge >= 0.3 is 5.97 Å². The topological polar surface area (TPSA) is 63.7 Å². The summed E-state index contributed by atoms with van der Waals surface area (Å²) in [5.74, 6) is -0.354. The van der Waals surface area contributed by atoms with Gasteiger partial charge in [0.1, 0.15) is 5.75 Å². The van der Waals surface area contributed by atoms with E-state index in [9.17, 15) is 14.4 Å². The number of benzene rings is 4. The van der Waals surface area contributed by atoms with Crippen LogP contribution < -0.4 is 4.74 Å². The van der Waals surface area contributed by atoms with Crippen molar-refractivity contribution in [3.05, 3.63) is 118 Å². The Labute approximate surface area is 207 Å². The number of esters is 1. The Balaban J connectivity index is 1.29. The number of nitrogens with zero attached hydrogens (tertiary/aromatic N) is 1. The summed E-state index contributed by atoms with van der Waals surface area (Å²) in [4.78, 5) is 39.7. The third-order valence-corrected chi connectivity index (χ3v) is 6.60. The maximum atomic E-state index is 12.8. The van der Waals surface area contributed by atoms with Gasteiger partial charge < -0.3 is 4.74 Å². The van der Waals surface area contributed by atoms with Gasteiger partial charge in [0.2, 0.25) is 0 Å². The van der Waals surface area contributed by atoms with E-state index in [1.54, 1.807) is 36.4 Å². The van der Waals surface area contributed by atoms with Crippen LogP contribution in [0.3, 0.4) is 0 Å². The van der Waals surface area contributed by atoms with Crippen LogP contribution in [0.4, 0.5) is 4.79 Å². The molecule has 1 fully saturated rings. The van der Waals surface area contributed by atoms with Crippen LogP contribution in [0, 0.1) is 6.92 Å². The number of ether oxygens (including phenoxy) is 1. The van der Waals surface area contributed by atoms with Crippen molar-refractivity contribution in [2.75, 3.05) is 0 Å². The van der Waals surface area contributed by atoms with E-state index in [1.165, 1.54) is 4.90 Å². The molecule has 0 saturated carbocycles. The molecule has 4 aromatic carbocycles. The number of hydrogen-bond acceptors (Lipinski definition) is 5. The maximum Gasteiger partial charge on any atom is 0.344 e. The second-order valence-electron chi connectivity index (χ2n) is 8.24. The fourth-order valence-electron chi connectivity index (χ4n) is 3.98. The third kappa shape index (κ3) is 4.88. The smallest absolute Gasteiger partial charge is 0.344 e. The predicted octanol–water partition coefficient (Wildman–Crippen LogP) is 6.60. The molecule has 0 atom stereocenters. The molecule has 0 unspecified atom stereocenters. The van der Waals surface area contributed by atoms with Gasteiger partial charge in [0.25, 0.3) is 11.1 Å². The van der Waals surface area contributed by atoms with E-state index >= 15 is 0 Å². The minimum Gasteiger partial charge on any atom is -0.423 e. The van der Waals surface area contributed by atoms with E-state index in [0.717, 1.165) is 39.2 Å². The molecule has 1 aliphatic heterocycles. The molecule has 2 amide bonds. The zero-order chi connectivity index (χ0) is 24.4. The number of rotatable bonds is 5. The highest BCUT2D eigenvalue weighted by Gasteiger charge is 2.35. The standard InChI is InChI=1S/C29H21NO4S/c1-19-6-4-7-21(16-19)18-30-27(31)26(35-29(30)33)17-20-12-14-23(15-13-20)34-28(32)25-11-5-9-22-8-2-3-10-24(22)25/h2-17H,18H2,1H3/b26-17-. The fourth-order valence-corrected chi connectivity index (χ4v) is 4.82. The highest BCUT2D eigenvalue weighted by Crippen LogP contribution is 2.33. The fraction of sp³-hybridized carbons (Fsp3) is 0.0690. The van der Waals surface area contributed by atoms with E-state index in [2.05, 4.69) is 0 Å². The summed E-state index contributed by atoms with van der Waals surface area (Å²) in [6, 6.07) is 27.8. The lowest BCUT2D eigenvalue weighted by Gasteiger charge is -2.12. The number of fused-ring (bicyclic) bond motifs is 1. The number of hydrogen-bond donors (Lipinski definition) is 0. The van der Waals surface area contributed by atoms with E-state index in [4.69, 9.17) is 4.74 Å². The van der Waals surface area contributed by atoms with Crippen molar-refractivity contribution in [3.63, 3.8) is 0 Å². The van der Waals surface area contributed by atoms with Crippen LogP contribution in [0.5, 0.6) is 5.75 Å².